The van der Waals surface area contributed by atoms with E-state index in [9.17, 15) is 13.2 Å². The summed E-state index contributed by atoms with van der Waals surface area (Å²) in [5.41, 5.74) is 1.05. The second-order valence-corrected chi connectivity index (χ2v) is 9.54. The Morgan fingerprint density at radius 1 is 0.969 bits per heavy atom. The number of carbonyl (C=O) groups is 1. The molecule has 0 fully saturated rings. The Balaban J connectivity index is 1.81. The van der Waals surface area contributed by atoms with Gasteiger partial charge in [0.15, 0.2) is 0 Å². The van der Waals surface area contributed by atoms with Crippen molar-refractivity contribution in [3.8, 4) is 5.75 Å². The fourth-order valence-electron chi connectivity index (χ4n) is 2.98. The number of carbonyl (C=O) groups excluding carboxylic acids is 1. The molecule has 3 aromatic carbocycles. The molecular formula is C23H22Cl2N2O4S. The Hall–Kier alpha value is -2.74. The van der Waals surface area contributed by atoms with E-state index in [-0.39, 0.29) is 27.2 Å². The zero-order valence-electron chi connectivity index (χ0n) is 17.3. The molecule has 0 bridgehead atoms. The number of sulfonamides is 1. The smallest absolute Gasteiger partial charge is 0.264 e. The minimum Gasteiger partial charge on any atom is -0.494 e. The standard InChI is InChI=1S/C23H22Cl2N2O4S/c1-2-31-21-10-8-17(9-11-21)15-26-23(28)16-27(20-13-18(24)12-19(25)14-20)32(29,30)22-6-4-3-5-7-22/h3-14H,2,15-16H2,1H3,(H,26,28). The molecule has 0 radical (unpaired) electrons. The zero-order chi connectivity index (χ0) is 23.1. The first-order valence-electron chi connectivity index (χ1n) is 9.82. The van der Waals surface area contributed by atoms with E-state index < -0.39 is 22.5 Å². The molecule has 168 valence electrons. The van der Waals surface area contributed by atoms with Crippen LogP contribution in [0.25, 0.3) is 0 Å². The molecule has 9 heteroatoms. The predicted molar refractivity (Wildman–Crippen MR) is 127 cm³/mol. The van der Waals surface area contributed by atoms with Crippen LogP contribution in [0.3, 0.4) is 0 Å². The first-order chi connectivity index (χ1) is 15.3. The summed E-state index contributed by atoms with van der Waals surface area (Å²) >= 11 is 12.2. The van der Waals surface area contributed by atoms with E-state index in [2.05, 4.69) is 5.32 Å². The van der Waals surface area contributed by atoms with Gasteiger partial charge in [0.25, 0.3) is 10.0 Å². The number of halogens is 2. The molecule has 1 amide bonds. The number of hydrogen-bond donors (Lipinski definition) is 1. The summed E-state index contributed by atoms with van der Waals surface area (Å²) in [6.07, 6.45) is 0. The van der Waals surface area contributed by atoms with Gasteiger partial charge in [-0.1, -0.05) is 53.5 Å². The van der Waals surface area contributed by atoms with E-state index in [1.54, 1.807) is 18.2 Å². The molecule has 0 unspecified atom stereocenters. The van der Waals surface area contributed by atoms with Crippen LogP contribution in [0.1, 0.15) is 12.5 Å². The average molecular weight is 493 g/mol. The Morgan fingerprint density at radius 2 is 1.59 bits per heavy atom. The highest BCUT2D eigenvalue weighted by Crippen LogP contribution is 2.29. The van der Waals surface area contributed by atoms with Crippen molar-refractivity contribution in [2.45, 2.75) is 18.4 Å². The number of anilines is 1. The van der Waals surface area contributed by atoms with E-state index in [1.165, 1.54) is 30.3 Å². The number of hydrogen-bond acceptors (Lipinski definition) is 4. The number of ether oxygens (including phenoxy) is 1. The van der Waals surface area contributed by atoms with Crippen molar-refractivity contribution in [3.05, 3.63) is 88.4 Å². The lowest BCUT2D eigenvalue weighted by molar-refractivity contribution is -0.119. The fraction of sp³-hybridized carbons (Fsp3) is 0.174. The number of nitrogens with zero attached hydrogens (tertiary/aromatic N) is 1. The van der Waals surface area contributed by atoms with E-state index >= 15 is 0 Å². The minimum atomic E-state index is -4.04. The quantitative estimate of drug-likeness (QED) is 0.460. The normalized spacial score (nSPS) is 11.1. The van der Waals surface area contributed by atoms with Gasteiger partial charge >= 0.3 is 0 Å². The van der Waals surface area contributed by atoms with Gasteiger partial charge in [0.05, 0.1) is 17.2 Å². The number of amides is 1. The molecule has 0 aliphatic rings. The van der Waals surface area contributed by atoms with Crippen molar-refractivity contribution in [1.29, 1.82) is 0 Å². The van der Waals surface area contributed by atoms with Gasteiger partial charge in [-0.25, -0.2) is 8.42 Å². The molecule has 0 atom stereocenters. The summed E-state index contributed by atoms with van der Waals surface area (Å²) in [5, 5.41) is 3.27. The van der Waals surface area contributed by atoms with Gasteiger partial charge in [0.2, 0.25) is 5.91 Å². The van der Waals surface area contributed by atoms with E-state index in [1.807, 2.05) is 31.2 Å². The minimum absolute atomic E-state index is 0.0513. The molecule has 0 spiro atoms. The molecule has 32 heavy (non-hydrogen) atoms. The molecule has 0 aliphatic heterocycles. The SMILES string of the molecule is CCOc1ccc(CNC(=O)CN(c2cc(Cl)cc(Cl)c2)S(=O)(=O)c2ccccc2)cc1. The lowest BCUT2D eigenvalue weighted by Crippen LogP contribution is -2.40. The van der Waals surface area contributed by atoms with Gasteiger partial charge in [-0.3, -0.25) is 9.10 Å². The van der Waals surface area contributed by atoms with Crippen LogP contribution < -0.4 is 14.4 Å². The summed E-state index contributed by atoms with van der Waals surface area (Å²) in [6, 6.07) is 19.6. The molecule has 0 heterocycles. The lowest BCUT2D eigenvalue weighted by Gasteiger charge is -2.24. The largest absolute Gasteiger partial charge is 0.494 e. The third-order valence-corrected chi connectivity index (χ3v) is 6.70. The Labute approximate surface area is 197 Å². The first-order valence-corrected chi connectivity index (χ1v) is 12.0. The predicted octanol–water partition coefficient (Wildman–Crippen LogP) is 4.90. The zero-order valence-corrected chi connectivity index (χ0v) is 19.6. The lowest BCUT2D eigenvalue weighted by atomic mass is 10.2. The van der Waals surface area contributed by atoms with Crippen LogP contribution in [-0.2, 0) is 21.4 Å². The summed E-state index contributed by atoms with van der Waals surface area (Å²) in [4.78, 5) is 12.8. The molecule has 3 rings (SSSR count). The van der Waals surface area contributed by atoms with Gasteiger partial charge in [-0.2, -0.15) is 0 Å². The maximum absolute atomic E-state index is 13.3. The van der Waals surface area contributed by atoms with Crippen LogP contribution in [0, 0.1) is 0 Å². The highest BCUT2D eigenvalue weighted by molar-refractivity contribution is 7.92. The van der Waals surface area contributed by atoms with Gasteiger partial charge in [-0.05, 0) is 55.0 Å². The third kappa shape index (κ3) is 6.16. The summed E-state index contributed by atoms with van der Waals surface area (Å²) < 4.78 is 33.0. The molecular weight excluding hydrogens is 471 g/mol. The Kier molecular flexibility index (Phi) is 8.01. The highest BCUT2D eigenvalue weighted by Gasteiger charge is 2.27. The van der Waals surface area contributed by atoms with Crippen LogP contribution in [-0.4, -0.2) is 27.5 Å². The molecule has 0 saturated carbocycles. The van der Waals surface area contributed by atoms with Crippen LogP contribution in [0.15, 0.2) is 77.7 Å². The second kappa shape index (κ2) is 10.7. The van der Waals surface area contributed by atoms with Crippen molar-refractivity contribution in [1.82, 2.24) is 5.32 Å². The van der Waals surface area contributed by atoms with Crippen molar-refractivity contribution in [2.24, 2.45) is 0 Å². The number of rotatable bonds is 9. The van der Waals surface area contributed by atoms with Gasteiger partial charge in [-0.15, -0.1) is 0 Å². The van der Waals surface area contributed by atoms with Crippen LogP contribution in [0.5, 0.6) is 5.75 Å². The summed E-state index contributed by atoms with van der Waals surface area (Å²) in [5.74, 6) is 0.259. The first kappa shape index (κ1) is 23.9. The van der Waals surface area contributed by atoms with Crippen LogP contribution in [0.4, 0.5) is 5.69 Å². The summed E-state index contributed by atoms with van der Waals surface area (Å²) in [6.45, 7) is 2.26. The van der Waals surface area contributed by atoms with Crippen molar-refractivity contribution in [2.75, 3.05) is 17.5 Å². The topological polar surface area (TPSA) is 75.7 Å². The maximum atomic E-state index is 13.3. The van der Waals surface area contributed by atoms with Crippen LogP contribution >= 0.6 is 23.2 Å². The molecule has 6 nitrogen and oxygen atoms in total. The number of benzene rings is 3. The van der Waals surface area contributed by atoms with Gasteiger partial charge in [0, 0.05) is 16.6 Å². The summed E-state index contributed by atoms with van der Waals surface area (Å²) in [7, 11) is -4.04. The monoisotopic (exact) mass is 492 g/mol. The highest BCUT2D eigenvalue weighted by atomic mass is 35.5. The van der Waals surface area contributed by atoms with Crippen molar-refractivity contribution < 1.29 is 17.9 Å². The molecule has 0 saturated heterocycles. The fourth-order valence-corrected chi connectivity index (χ4v) is 4.92. The van der Waals surface area contributed by atoms with Crippen LogP contribution in [0.2, 0.25) is 10.0 Å². The van der Waals surface area contributed by atoms with Crippen molar-refractivity contribution in [3.63, 3.8) is 0 Å². The van der Waals surface area contributed by atoms with E-state index in [0.717, 1.165) is 15.6 Å². The molecule has 1 N–H and O–H groups in total. The Morgan fingerprint density at radius 3 is 2.19 bits per heavy atom. The average Bonchev–Trinajstić information content (AvgIpc) is 2.77. The van der Waals surface area contributed by atoms with Crippen molar-refractivity contribution >= 4 is 44.8 Å². The van der Waals surface area contributed by atoms with E-state index in [4.69, 9.17) is 27.9 Å². The molecule has 0 aromatic heterocycles. The molecule has 0 aliphatic carbocycles. The van der Waals surface area contributed by atoms with E-state index in [0.29, 0.717) is 6.61 Å². The third-order valence-electron chi connectivity index (χ3n) is 4.48. The van der Waals surface area contributed by atoms with Gasteiger partial charge < -0.3 is 10.1 Å². The maximum Gasteiger partial charge on any atom is 0.264 e. The number of nitrogens with one attached hydrogen (secondary N) is 1. The van der Waals surface area contributed by atoms with Gasteiger partial charge in [0.1, 0.15) is 12.3 Å². The second-order valence-electron chi connectivity index (χ2n) is 6.81. The Bertz CT molecular complexity index is 1150. The molecule has 3 aromatic rings.